The SMILES string of the molecule is CN=C(NCCOC)NCC1(c2cc(C)ccc2OC)CCOCC1. The highest BCUT2D eigenvalue weighted by Gasteiger charge is 2.37. The molecule has 1 fully saturated rings. The van der Waals surface area contributed by atoms with Crippen LogP contribution in [0.2, 0.25) is 0 Å². The highest BCUT2D eigenvalue weighted by atomic mass is 16.5. The van der Waals surface area contributed by atoms with Crippen molar-refractivity contribution >= 4 is 5.96 Å². The molecule has 0 aliphatic carbocycles. The number of hydrogen-bond acceptors (Lipinski definition) is 4. The fraction of sp³-hybridized carbons (Fsp3) is 0.632. The minimum atomic E-state index is -0.0332. The molecule has 0 spiro atoms. The van der Waals surface area contributed by atoms with Crippen molar-refractivity contribution in [1.29, 1.82) is 0 Å². The number of rotatable bonds is 7. The maximum absolute atomic E-state index is 5.66. The Morgan fingerprint density at radius 3 is 2.64 bits per heavy atom. The lowest BCUT2D eigenvalue weighted by atomic mass is 9.73. The number of guanidine groups is 1. The monoisotopic (exact) mass is 349 g/mol. The predicted molar refractivity (Wildman–Crippen MR) is 101 cm³/mol. The minimum Gasteiger partial charge on any atom is -0.496 e. The Morgan fingerprint density at radius 2 is 2.00 bits per heavy atom. The number of nitrogens with one attached hydrogen (secondary N) is 2. The second-order valence-corrected chi connectivity index (χ2v) is 6.44. The second-order valence-electron chi connectivity index (χ2n) is 6.44. The summed E-state index contributed by atoms with van der Waals surface area (Å²) in [7, 11) is 5.21. The van der Waals surface area contributed by atoms with Gasteiger partial charge in [-0.15, -0.1) is 0 Å². The molecule has 0 bridgehead atoms. The Morgan fingerprint density at radius 1 is 1.24 bits per heavy atom. The van der Waals surface area contributed by atoms with Crippen LogP contribution in [-0.4, -0.2) is 60.1 Å². The highest BCUT2D eigenvalue weighted by molar-refractivity contribution is 5.79. The van der Waals surface area contributed by atoms with Crippen molar-refractivity contribution in [1.82, 2.24) is 10.6 Å². The van der Waals surface area contributed by atoms with Crippen molar-refractivity contribution in [3.05, 3.63) is 29.3 Å². The Bertz CT molecular complexity index is 569. The lowest BCUT2D eigenvalue weighted by molar-refractivity contribution is 0.0505. The average Bonchev–Trinajstić information content (AvgIpc) is 2.65. The van der Waals surface area contributed by atoms with Gasteiger partial charge in [0.2, 0.25) is 0 Å². The van der Waals surface area contributed by atoms with E-state index in [0.29, 0.717) is 6.61 Å². The lowest BCUT2D eigenvalue weighted by Crippen LogP contribution is -2.48. The van der Waals surface area contributed by atoms with Crippen molar-refractivity contribution in [2.75, 3.05) is 54.2 Å². The van der Waals surface area contributed by atoms with E-state index < -0.39 is 0 Å². The van der Waals surface area contributed by atoms with Crippen molar-refractivity contribution in [2.45, 2.75) is 25.2 Å². The molecule has 1 aliphatic heterocycles. The lowest BCUT2D eigenvalue weighted by Gasteiger charge is -2.39. The van der Waals surface area contributed by atoms with Gasteiger partial charge < -0.3 is 24.8 Å². The van der Waals surface area contributed by atoms with Crippen LogP contribution in [0.25, 0.3) is 0 Å². The Kier molecular flexibility index (Phi) is 7.52. The van der Waals surface area contributed by atoms with Gasteiger partial charge in [-0.25, -0.2) is 0 Å². The van der Waals surface area contributed by atoms with Crippen LogP contribution in [0.1, 0.15) is 24.0 Å². The first kappa shape index (κ1) is 19.5. The zero-order valence-corrected chi connectivity index (χ0v) is 15.9. The summed E-state index contributed by atoms with van der Waals surface area (Å²) in [5, 5.41) is 6.75. The Hall–Kier alpha value is -1.79. The van der Waals surface area contributed by atoms with Gasteiger partial charge in [-0.3, -0.25) is 4.99 Å². The van der Waals surface area contributed by atoms with E-state index in [1.165, 1.54) is 11.1 Å². The first-order valence-electron chi connectivity index (χ1n) is 8.81. The molecule has 2 rings (SSSR count). The molecule has 0 aromatic heterocycles. The maximum Gasteiger partial charge on any atom is 0.191 e. The molecule has 1 heterocycles. The minimum absolute atomic E-state index is 0.0332. The summed E-state index contributed by atoms with van der Waals surface area (Å²) in [6.45, 7) is 5.78. The maximum atomic E-state index is 5.66. The molecule has 2 N–H and O–H groups in total. The molecule has 1 saturated heterocycles. The average molecular weight is 349 g/mol. The summed E-state index contributed by atoms with van der Waals surface area (Å²) >= 11 is 0. The van der Waals surface area contributed by atoms with Crippen molar-refractivity contribution in [3.8, 4) is 5.75 Å². The van der Waals surface area contributed by atoms with Crippen LogP contribution in [-0.2, 0) is 14.9 Å². The third kappa shape index (κ3) is 5.09. The molecule has 1 aromatic rings. The third-order valence-electron chi connectivity index (χ3n) is 4.79. The van der Waals surface area contributed by atoms with Gasteiger partial charge in [-0.05, 0) is 25.8 Å². The molecule has 0 saturated carbocycles. The fourth-order valence-corrected chi connectivity index (χ4v) is 3.28. The van der Waals surface area contributed by atoms with Gasteiger partial charge in [-0.2, -0.15) is 0 Å². The summed E-state index contributed by atoms with van der Waals surface area (Å²) in [6.07, 6.45) is 1.91. The van der Waals surface area contributed by atoms with Gasteiger partial charge in [0.15, 0.2) is 5.96 Å². The zero-order valence-electron chi connectivity index (χ0n) is 15.9. The van der Waals surface area contributed by atoms with Crippen LogP contribution < -0.4 is 15.4 Å². The summed E-state index contributed by atoms with van der Waals surface area (Å²) < 4.78 is 16.4. The number of ether oxygens (including phenoxy) is 3. The van der Waals surface area contributed by atoms with E-state index in [2.05, 4.69) is 40.7 Å². The van der Waals surface area contributed by atoms with E-state index >= 15 is 0 Å². The number of aliphatic imine (C=N–C) groups is 1. The number of hydrogen-bond donors (Lipinski definition) is 2. The molecule has 140 valence electrons. The highest BCUT2D eigenvalue weighted by Crippen LogP contribution is 2.39. The number of methoxy groups -OCH3 is 2. The fourth-order valence-electron chi connectivity index (χ4n) is 3.28. The van der Waals surface area contributed by atoms with Crippen LogP contribution in [0.15, 0.2) is 23.2 Å². The van der Waals surface area contributed by atoms with Crippen LogP contribution in [0.5, 0.6) is 5.75 Å². The Balaban J connectivity index is 2.19. The van der Waals surface area contributed by atoms with Crippen molar-refractivity contribution in [3.63, 3.8) is 0 Å². The number of aryl methyl sites for hydroxylation is 1. The van der Waals surface area contributed by atoms with Crippen LogP contribution in [0, 0.1) is 6.92 Å². The molecular weight excluding hydrogens is 318 g/mol. The van der Waals surface area contributed by atoms with Gasteiger partial charge in [0.05, 0.1) is 13.7 Å². The van der Waals surface area contributed by atoms with Gasteiger partial charge in [0.1, 0.15) is 5.75 Å². The summed E-state index contributed by atoms with van der Waals surface area (Å²) in [5.41, 5.74) is 2.46. The topological polar surface area (TPSA) is 64.1 Å². The van der Waals surface area contributed by atoms with Gasteiger partial charge in [0.25, 0.3) is 0 Å². The van der Waals surface area contributed by atoms with Crippen LogP contribution in [0.4, 0.5) is 0 Å². The summed E-state index contributed by atoms with van der Waals surface area (Å²) in [6, 6.07) is 6.40. The van der Waals surface area contributed by atoms with Crippen molar-refractivity contribution < 1.29 is 14.2 Å². The molecule has 25 heavy (non-hydrogen) atoms. The second kappa shape index (κ2) is 9.63. The quantitative estimate of drug-likeness (QED) is 0.447. The van der Waals surface area contributed by atoms with Gasteiger partial charge in [-0.1, -0.05) is 17.7 Å². The molecule has 0 atom stereocenters. The summed E-state index contributed by atoms with van der Waals surface area (Å²) in [5.74, 6) is 1.73. The standard InChI is InChI=1S/C19H31N3O3/c1-15-5-6-17(24-4)16(13-15)19(7-10-25-11-8-19)14-22-18(20-2)21-9-12-23-3/h5-6,13H,7-12,14H2,1-4H3,(H2,20,21,22). The Labute approximate surface area is 151 Å². The van der Waals surface area contributed by atoms with E-state index in [-0.39, 0.29) is 5.41 Å². The van der Waals surface area contributed by atoms with E-state index in [9.17, 15) is 0 Å². The largest absolute Gasteiger partial charge is 0.496 e. The first-order chi connectivity index (χ1) is 12.1. The van der Waals surface area contributed by atoms with Crippen molar-refractivity contribution in [2.24, 2.45) is 4.99 Å². The summed E-state index contributed by atoms with van der Waals surface area (Å²) in [4.78, 5) is 4.31. The number of nitrogens with zero attached hydrogens (tertiary/aromatic N) is 1. The molecule has 0 unspecified atom stereocenters. The van der Waals surface area contributed by atoms with Gasteiger partial charge in [0, 0.05) is 51.4 Å². The van der Waals surface area contributed by atoms with E-state index in [1.807, 2.05) is 0 Å². The molecule has 0 amide bonds. The molecule has 6 heteroatoms. The van der Waals surface area contributed by atoms with Gasteiger partial charge >= 0.3 is 0 Å². The smallest absolute Gasteiger partial charge is 0.191 e. The van der Waals surface area contributed by atoms with Crippen LogP contribution in [0.3, 0.4) is 0 Å². The third-order valence-corrected chi connectivity index (χ3v) is 4.79. The zero-order chi connectivity index (χ0) is 18.1. The first-order valence-corrected chi connectivity index (χ1v) is 8.81. The number of benzene rings is 1. The van der Waals surface area contributed by atoms with Crippen LogP contribution >= 0.6 is 0 Å². The molecule has 1 aliphatic rings. The molecule has 6 nitrogen and oxygen atoms in total. The van der Waals surface area contributed by atoms with E-state index in [4.69, 9.17) is 14.2 Å². The van der Waals surface area contributed by atoms with E-state index in [1.54, 1.807) is 21.3 Å². The molecule has 1 aromatic carbocycles. The normalized spacial score (nSPS) is 17.2. The molecular formula is C19H31N3O3. The van der Waals surface area contributed by atoms with E-state index in [0.717, 1.165) is 50.9 Å². The molecule has 0 radical (unpaired) electrons. The predicted octanol–water partition coefficient (Wildman–Crippen LogP) is 1.86.